The quantitative estimate of drug-likeness (QED) is 0.790. The van der Waals surface area contributed by atoms with Crippen LogP contribution < -0.4 is 10.6 Å². The minimum Gasteiger partial charge on any atom is -0.376 e. The molecule has 1 aliphatic heterocycles. The highest BCUT2D eigenvalue weighted by molar-refractivity contribution is 5.97. The highest BCUT2D eigenvalue weighted by Gasteiger charge is 2.39. The molecule has 1 aromatic carbocycles. The third-order valence-corrected chi connectivity index (χ3v) is 4.72. The van der Waals surface area contributed by atoms with Gasteiger partial charge in [0, 0.05) is 19.4 Å². The van der Waals surface area contributed by atoms with E-state index < -0.39 is 5.60 Å². The zero-order valence-corrected chi connectivity index (χ0v) is 15.0. The van der Waals surface area contributed by atoms with E-state index in [0.29, 0.717) is 19.4 Å². The van der Waals surface area contributed by atoms with Gasteiger partial charge in [0.1, 0.15) is 5.60 Å². The van der Waals surface area contributed by atoms with Gasteiger partial charge in [0.15, 0.2) is 0 Å². The van der Waals surface area contributed by atoms with Crippen molar-refractivity contribution in [3.05, 3.63) is 29.8 Å². The molecule has 2 aliphatic rings. The third-order valence-electron chi connectivity index (χ3n) is 4.72. The van der Waals surface area contributed by atoms with Crippen molar-refractivity contribution < 1.29 is 14.3 Å². The number of amides is 1. The summed E-state index contributed by atoms with van der Waals surface area (Å²) in [5.74, 6) is 0.705. The summed E-state index contributed by atoms with van der Waals surface area (Å²) in [4.78, 5) is 12.6. The molecule has 0 radical (unpaired) electrons. The molecule has 1 aliphatic carbocycles. The number of piperidine rings is 1. The van der Waals surface area contributed by atoms with Crippen molar-refractivity contribution in [3.63, 3.8) is 0 Å². The zero-order valence-electron chi connectivity index (χ0n) is 14.2. The van der Waals surface area contributed by atoms with Crippen LogP contribution in [-0.4, -0.2) is 38.3 Å². The van der Waals surface area contributed by atoms with Gasteiger partial charge in [-0.05, 0) is 62.4 Å². The number of methoxy groups -OCH3 is 1. The maximum absolute atomic E-state index is 12.6. The van der Waals surface area contributed by atoms with Crippen LogP contribution in [0, 0.1) is 5.92 Å². The van der Waals surface area contributed by atoms with Gasteiger partial charge in [-0.2, -0.15) is 0 Å². The van der Waals surface area contributed by atoms with Crippen molar-refractivity contribution in [2.45, 2.75) is 37.9 Å². The maximum Gasteiger partial charge on any atom is 0.256 e. The molecule has 1 aromatic rings. The lowest BCUT2D eigenvalue weighted by Gasteiger charge is -2.34. The minimum absolute atomic E-state index is 0. The van der Waals surface area contributed by atoms with E-state index in [1.54, 1.807) is 7.11 Å². The molecule has 3 rings (SSSR count). The molecule has 134 valence electrons. The van der Waals surface area contributed by atoms with Crippen LogP contribution in [0.5, 0.6) is 0 Å². The number of nitrogens with one attached hydrogen (secondary N) is 2. The summed E-state index contributed by atoms with van der Waals surface area (Å²) in [5, 5.41) is 6.27. The molecule has 0 unspecified atom stereocenters. The van der Waals surface area contributed by atoms with Gasteiger partial charge < -0.3 is 20.1 Å². The molecule has 1 amide bonds. The molecule has 0 aromatic heterocycles. The second-order valence-corrected chi connectivity index (χ2v) is 6.56. The smallest absolute Gasteiger partial charge is 0.256 e. The molecule has 1 heterocycles. The molecule has 0 bridgehead atoms. The molecule has 0 spiro atoms. The van der Waals surface area contributed by atoms with Gasteiger partial charge in [-0.15, -0.1) is 12.4 Å². The number of benzene rings is 1. The number of carbonyl (C=O) groups excluding carboxylic acids is 1. The summed E-state index contributed by atoms with van der Waals surface area (Å²) >= 11 is 0. The van der Waals surface area contributed by atoms with Crippen LogP contribution in [0.1, 0.15) is 31.2 Å². The van der Waals surface area contributed by atoms with Crippen LogP contribution in [0.4, 0.5) is 5.69 Å². The number of hydrogen-bond donors (Lipinski definition) is 2. The standard InChI is InChI=1S/C18H26N2O3.ClH/c1-22-18(7-9-19-10-8-18)17(21)20-16-4-2-3-15(11-16)13-23-12-14-5-6-14;/h2-4,11,14,19H,5-10,12-13H2,1H3,(H,20,21);1H. The largest absolute Gasteiger partial charge is 0.376 e. The summed E-state index contributed by atoms with van der Waals surface area (Å²) < 4.78 is 11.3. The molecular weight excluding hydrogens is 328 g/mol. The van der Waals surface area contributed by atoms with Crippen molar-refractivity contribution in [1.29, 1.82) is 0 Å². The second kappa shape index (κ2) is 8.81. The highest BCUT2D eigenvalue weighted by Crippen LogP contribution is 2.29. The number of rotatable bonds is 7. The Morgan fingerprint density at radius 1 is 1.33 bits per heavy atom. The van der Waals surface area contributed by atoms with Gasteiger partial charge in [0.25, 0.3) is 5.91 Å². The Kier molecular flexibility index (Phi) is 7.04. The molecule has 5 nitrogen and oxygen atoms in total. The number of halogens is 1. The van der Waals surface area contributed by atoms with E-state index in [2.05, 4.69) is 10.6 Å². The Hall–Kier alpha value is -1.14. The summed E-state index contributed by atoms with van der Waals surface area (Å²) in [6.07, 6.45) is 3.98. The normalized spacial score (nSPS) is 19.4. The third kappa shape index (κ3) is 4.93. The molecule has 1 saturated carbocycles. The number of anilines is 1. The van der Waals surface area contributed by atoms with Gasteiger partial charge >= 0.3 is 0 Å². The van der Waals surface area contributed by atoms with E-state index in [4.69, 9.17) is 9.47 Å². The average molecular weight is 355 g/mol. The van der Waals surface area contributed by atoms with E-state index in [9.17, 15) is 4.79 Å². The van der Waals surface area contributed by atoms with E-state index in [-0.39, 0.29) is 18.3 Å². The minimum atomic E-state index is -0.719. The summed E-state index contributed by atoms with van der Waals surface area (Å²) in [6.45, 7) is 3.04. The first kappa shape index (κ1) is 19.2. The van der Waals surface area contributed by atoms with E-state index in [1.807, 2.05) is 24.3 Å². The van der Waals surface area contributed by atoms with Crippen molar-refractivity contribution in [2.24, 2.45) is 5.92 Å². The Morgan fingerprint density at radius 3 is 2.75 bits per heavy atom. The molecular formula is C18H27ClN2O3. The van der Waals surface area contributed by atoms with E-state index >= 15 is 0 Å². The molecule has 0 atom stereocenters. The first-order valence-corrected chi connectivity index (χ1v) is 8.46. The molecule has 2 fully saturated rings. The van der Waals surface area contributed by atoms with Crippen LogP contribution >= 0.6 is 12.4 Å². The fourth-order valence-electron chi connectivity index (χ4n) is 2.97. The first-order chi connectivity index (χ1) is 11.2. The Bertz CT molecular complexity index is 543. The molecule has 2 N–H and O–H groups in total. The van der Waals surface area contributed by atoms with Crippen LogP contribution in [-0.2, 0) is 20.9 Å². The van der Waals surface area contributed by atoms with Crippen molar-refractivity contribution in [2.75, 3.05) is 32.1 Å². The van der Waals surface area contributed by atoms with Crippen LogP contribution in [0.2, 0.25) is 0 Å². The van der Waals surface area contributed by atoms with Crippen molar-refractivity contribution in [3.8, 4) is 0 Å². The number of carbonyl (C=O) groups is 1. The Morgan fingerprint density at radius 2 is 2.08 bits per heavy atom. The predicted molar refractivity (Wildman–Crippen MR) is 96.5 cm³/mol. The lowest BCUT2D eigenvalue weighted by atomic mass is 9.91. The summed E-state index contributed by atoms with van der Waals surface area (Å²) in [5.41, 5.74) is 1.17. The van der Waals surface area contributed by atoms with Gasteiger partial charge in [-0.3, -0.25) is 4.79 Å². The van der Waals surface area contributed by atoms with Crippen molar-refractivity contribution >= 4 is 24.0 Å². The first-order valence-electron chi connectivity index (χ1n) is 8.46. The van der Waals surface area contributed by atoms with Gasteiger partial charge in [-0.25, -0.2) is 0 Å². The number of ether oxygens (including phenoxy) is 2. The monoisotopic (exact) mass is 354 g/mol. The molecule has 6 heteroatoms. The Labute approximate surface area is 149 Å². The van der Waals surface area contributed by atoms with Crippen molar-refractivity contribution in [1.82, 2.24) is 5.32 Å². The Balaban J connectivity index is 0.00000208. The fraction of sp³-hybridized carbons (Fsp3) is 0.611. The summed E-state index contributed by atoms with van der Waals surface area (Å²) in [6, 6.07) is 7.87. The van der Waals surface area contributed by atoms with Gasteiger partial charge in [0.05, 0.1) is 6.61 Å². The SMILES string of the molecule is COC1(C(=O)Nc2cccc(COCC3CC3)c2)CCNCC1.Cl. The van der Waals surface area contributed by atoms with Gasteiger partial charge in [0.2, 0.25) is 0 Å². The second-order valence-electron chi connectivity index (χ2n) is 6.56. The van der Waals surface area contributed by atoms with E-state index in [0.717, 1.165) is 36.9 Å². The topological polar surface area (TPSA) is 59.6 Å². The van der Waals surface area contributed by atoms with Gasteiger partial charge in [-0.1, -0.05) is 12.1 Å². The lowest BCUT2D eigenvalue weighted by molar-refractivity contribution is -0.140. The maximum atomic E-state index is 12.6. The summed E-state index contributed by atoms with van der Waals surface area (Å²) in [7, 11) is 1.62. The van der Waals surface area contributed by atoms with Crippen LogP contribution in [0.3, 0.4) is 0 Å². The lowest BCUT2D eigenvalue weighted by Crippen LogP contribution is -2.51. The fourth-order valence-corrected chi connectivity index (χ4v) is 2.97. The molecule has 24 heavy (non-hydrogen) atoms. The molecule has 1 saturated heterocycles. The van der Waals surface area contributed by atoms with Crippen LogP contribution in [0.25, 0.3) is 0 Å². The highest BCUT2D eigenvalue weighted by atomic mass is 35.5. The average Bonchev–Trinajstić information content (AvgIpc) is 3.40. The van der Waals surface area contributed by atoms with E-state index in [1.165, 1.54) is 12.8 Å². The zero-order chi connectivity index (χ0) is 16.1. The van der Waals surface area contributed by atoms with Crippen LogP contribution in [0.15, 0.2) is 24.3 Å². The predicted octanol–water partition coefficient (Wildman–Crippen LogP) is 2.74. The number of hydrogen-bond acceptors (Lipinski definition) is 4.